The highest BCUT2D eigenvalue weighted by Crippen LogP contribution is 2.25. The quantitative estimate of drug-likeness (QED) is 0.754. The second kappa shape index (κ2) is 10.0. The fraction of sp³-hybridized carbons (Fsp3) is 0.700. The number of rotatable bonds is 4. The van der Waals surface area contributed by atoms with E-state index < -0.39 is 12.1 Å². The van der Waals surface area contributed by atoms with E-state index in [0.717, 1.165) is 32.8 Å². The van der Waals surface area contributed by atoms with Crippen molar-refractivity contribution in [1.29, 1.82) is 0 Å². The fourth-order valence-corrected chi connectivity index (χ4v) is 4.26. The summed E-state index contributed by atoms with van der Waals surface area (Å²) in [7, 11) is 0. The molecule has 0 saturated carbocycles. The summed E-state index contributed by atoms with van der Waals surface area (Å²) in [6, 6.07) is 2.10. The number of carbonyl (C=O) groups excluding carboxylic acids is 1. The van der Waals surface area contributed by atoms with Crippen molar-refractivity contribution >= 4 is 11.9 Å². The number of carboxylic acids is 1. The first-order chi connectivity index (χ1) is 14.7. The van der Waals surface area contributed by atoms with Crippen molar-refractivity contribution < 1.29 is 37.0 Å². The van der Waals surface area contributed by atoms with Crippen LogP contribution in [-0.4, -0.2) is 102 Å². The number of aryl methyl sites for hydroxylation is 1. The molecule has 3 aliphatic rings. The first-order valence-electron chi connectivity index (χ1n) is 10.4. The molecule has 2 atom stereocenters. The number of furan rings is 1. The molecule has 1 aromatic heterocycles. The molecule has 8 nitrogen and oxygen atoms in total. The predicted octanol–water partition coefficient (Wildman–Crippen LogP) is 1.84. The Hall–Kier alpha value is -2.11. The number of fused-ring (bicyclic) bond motifs is 1. The number of carboxylic acid groups (broad SMARTS) is 1. The molecule has 3 fully saturated rings. The average Bonchev–Trinajstić information content (AvgIpc) is 3.46. The Labute approximate surface area is 178 Å². The third-order valence-electron chi connectivity index (χ3n) is 5.94. The summed E-state index contributed by atoms with van der Waals surface area (Å²) in [5, 5.41) is 7.12. The van der Waals surface area contributed by atoms with Crippen LogP contribution in [0.3, 0.4) is 0 Å². The van der Waals surface area contributed by atoms with Crippen molar-refractivity contribution in [2.75, 3.05) is 52.4 Å². The molecule has 0 spiro atoms. The highest BCUT2D eigenvalue weighted by Gasteiger charge is 2.42. The number of morpholine rings is 1. The van der Waals surface area contributed by atoms with E-state index in [0.29, 0.717) is 23.9 Å². The summed E-state index contributed by atoms with van der Waals surface area (Å²) in [5.74, 6) is -1.99. The minimum Gasteiger partial charge on any atom is -0.475 e. The molecule has 1 N–H and O–H groups in total. The largest absolute Gasteiger partial charge is 0.490 e. The molecule has 0 radical (unpaired) electrons. The van der Waals surface area contributed by atoms with E-state index in [1.165, 1.54) is 25.9 Å². The van der Waals surface area contributed by atoms with E-state index in [1.807, 2.05) is 11.8 Å². The second-order valence-electron chi connectivity index (χ2n) is 7.96. The van der Waals surface area contributed by atoms with Gasteiger partial charge < -0.3 is 24.1 Å². The molecule has 31 heavy (non-hydrogen) atoms. The van der Waals surface area contributed by atoms with Crippen LogP contribution < -0.4 is 0 Å². The van der Waals surface area contributed by atoms with Crippen molar-refractivity contribution in [3.8, 4) is 0 Å². The van der Waals surface area contributed by atoms with E-state index in [1.54, 1.807) is 12.3 Å². The van der Waals surface area contributed by atoms with Crippen LogP contribution in [0.2, 0.25) is 0 Å². The number of aliphatic carboxylic acids is 1. The van der Waals surface area contributed by atoms with E-state index >= 15 is 0 Å². The molecule has 11 heteroatoms. The highest BCUT2D eigenvalue weighted by atomic mass is 19.4. The minimum absolute atomic E-state index is 0.0683. The van der Waals surface area contributed by atoms with Gasteiger partial charge in [-0.2, -0.15) is 13.2 Å². The lowest BCUT2D eigenvalue weighted by atomic mass is 10.1. The number of ether oxygens (including phenoxy) is 1. The van der Waals surface area contributed by atoms with E-state index in [9.17, 15) is 18.0 Å². The smallest absolute Gasteiger partial charge is 0.475 e. The summed E-state index contributed by atoms with van der Waals surface area (Å²) < 4.78 is 43.0. The Morgan fingerprint density at radius 3 is 2.42 bits per heavy atom. The summed E-state index contributed by atoms with van der Waals surface area (Å²) in [4.78, 5) is 28.6. The zero-order valence-electron chi connectivity index (χ0n) is 17.4. The molecule has 0 bridgehead atoms. The van der Waals surface area contributed by atoms with Crippen LogP contribution in [0.5, 0.6) is 0 Å². The van der Waals surface area contributed by atoms with Crippen LogP contribution in [0.1, 0.15) is 29.0 Å². The lowest BCUT2D eigenvalue weighted by molar-refractivity contribution is -0.192. The van der Waals surface area contributed by atoms with E-state index in [4.69, 9.17) is 19.1 Å². The Morgan fingerprint density at radius 2 is 1.84 bits per heavy atom. The van der Waals surface area contributed by atoms with Gasteiger partial charge in [0.1, 0.15) is 5.76 Å². The number of carbonyl (C=O) groups is 2. The number of halogens is 3. The number of likely N-dealkylation sites (tertiary alicyclic amines) is 2. The Bertz CT molecular complexity index is 763. The molecule has 3 saturated heterocycles. The van der Waals surface area contributed by atoms with Crippen molar-refractivity contribution in [2.24, 2.45) is 0 Å². The molecule has 174 valence electrons. The van der Waals surface area contributed by atoms with Gasteiger partial charge in [0.05, 0.1) is 30.6 Å². The van der Waals surface area contributed by atoms with Gasteiger partial charge in [0.15, 0.2) is 0 Å². The van der Waals surface area contributed by atoms with Crippen LogP contribution in [0.4, 0.5) is 13.2 Å². The molecule has 0 aliphatic carbocycles. The zero-order chi connectivity index (χ0) is 22.6. The summed E-state index contributed by atoms with van der Waals surface area (Å²) in [5.41, 5.74) is 0.678. The van der Waals surface area contributed by atoms with Crippen LogP contribution in [0.15, 0.2) is 16.7 Å². The van der Waals surface area contributed by atoms with Crippen LogP contribution in [0.25, 0.3) is 0 Å². The topological polar surface area (TPSA) is 86.5 Å². The van der Waals surface area contributed by atoms with Gasteiger partial charge in [-0.3, -0.25) is 9.69 Å². The maximum Gasteiger partial charge on any atom is 0.490 e. The molecule has 4 heterocycles. The van der Waals surface area contributed by atoms with Gasteiger partial charge >= 0.3 is 12.1 Å². The van der Waals surface area contributed by atoms with Gasteiger partial charge in [0, 0.05) is 32.7 Å². The summed E-state index contributed by atoms with van der Waals surface area (Å²) in [6.07, 6.45) is -0.679. The lowest BCUT2D eigenvalue weighted by Gasteiger charge is -2.37. The van der Waals surface area contributed by atoms with Gasteiger partial charge in [-0.05, 0) is 38.9 Å². The molecular weight excluding hydrogens is 419 g/mol. The maximum atomic E-state index is 12.7. The molecule has 0 aromatic carbocycles. The Kier molecular flexibility index (Phi) is 7.60. The third kappa shape index (κ3) is 5.98. The van der Waals surface area contributed by atoms with Crippen molar-refractivity contribution in [1.82, 2.24) is 14.7 Å². The predicted molar refractivity (Wildman–Crippen MR) is 104 cm³/mol. The van der Waals surface area contributed by atoms with Gasteiger partial charge in [0.25, 0.3) is 5.91 Å². The molecule has 3 aliphatic heterocycles. The van der Waals surface area contributed by atoms with E-state index in [-0.39, 0.29) is 12.0 Å². The number of alkyl halides is 3. The minimum atomic E-state index is -5.08. The number of amides is 1. The standard InChI is InChI=1S/C18H27N3O3.C2HF3O2/c1-14-15(4-10-23-14)18(22)21-12-16-17(13-21)24-11-9-20(16)8-7-19-5-2-3-6-19;3-2(4,5)1(6)7/h4,10,16-17H,2-3,5-9,11-13H2,1H3;(H,6,7)/t16-,17+;/m1./s1. The van der Waals surface area contributed by atoms with Crippen molar-refractivity contribution in [3.05, 3.63) is 23.7 Å². The number of hydrogen-bond acceptors (Lipinski definition) is 6. The second-order valence-corrected chi connectivity index (χ2v) is 7.96. The van der Waals surface area contributed by atoms with E-state index in [2.05, 4.69) is 9.80 Å². The zero-order valence-corrected chi connectivity index (χ0v) is 17.4. The normalized spacial score (nSPS) is 24.6. The third-order valence-corrected chi connectivity index (χ3v) is 5.94. The van der Waals surface area contributed by atoms with Crippen molar-refractivity contribution in [2.45, 2.75) is 38.1 Å². The lowest BCUT2D eigenvalue weighted by Crippen LogP contribution is -2.52. The average molecular weight is 447 g/mol. The first-order valence-corrected chi connectivity index (χ1v) is 10.4. The van der Waals surface area contributed by atoms with Gasteiger partial charge in [-0.15, -0.1) is 0 Å². The van der Waals surface area contributed by atoms with Crippen LogP contribution in [-0.2, 0) is 9.53 Å². The molecule has 0 unspecified atom stereocenters. The van der Waals surface area contributed by atoms with Gasteiger partial charge in [-0.1, -0.05) is 0 Å². The summed E-state index contributed by atoms with van der Waals surface area (Å²) in [6.45, 7) is 9.73. The molecular formula is C20H28F3N3O5. The molecule has 4 rings (SSSR count). The van der Waals surface area contributed by atoms with Crippen LogP contribution >= 0.6 is 0 Å². The van der Waals surface area contributed by atoms with Crippen LogP contribution in [0, 0.1) is 6.92 Å². The number of nitrogens with zero attached hydrogens (tertiary/aromatic N) is 3. The number of hydrogen-bond donors (Lipinski definition) is 1. The summed E-state index contributed by atoms with van der Waals surface area (Å²) >= 11 is 0. The SMILES string of the molecule is Cc1occc1C(=O)N1C[C@@H]2OCCN(CCN3CCCC3)[C@@H]2C1.O=C(O)C(F)(F)F. The first kappa shape index (κ1) is 23.6. The Balaban J connectivity index is 0.000000339. The van der Waals surface area contributed by atoms with Gasteiger partial charge in [0.2, 0.25) is 0 Å². The van der Waals surface area contributed by atoms with Crippen molar-refractivity contribution in [3.63, 3.8) is 0 Å². The van der Waals surface area contributed by atoms with Gasteiger partial charge in [-0.25, -0.2) is 4.79 Å². The maximum absolute atomic E-state index is 12.7. The monoisotopic (exact) mass is 447 g/mol. The Morgan fingerprint density at radius 1 is 1.16 bits per heavy atom. The molecule has 1 aromatic rings. The fourth-order valence-electron chi connectivity index (χ4n) is 4.26. The highest BCUT2D eigenvalue weighted by molar-refractivity contribution is 5.95. The molecule has 1 amide bonds.